The zero-order valence-electron chi connectivity index (χ0n) is 11.7. The molecule has 0 aromatic carbocycles. The van der Waals surface area contributed by atoms with Gasteiger partial charge in [-0.2, -0.15) is 0 Å². The number of rotatable bonds is 2. The summed E-state index contributed by atoms with van der Waals surface area (Å²) in [6.07, 6.45) is 6.12. The van der Waals surface area contributed by atoms with E-state index in [1.807, 2.05) is 0 Å². The van der Waals surface area contributed by atoms with Crippen LogP contribution in [0.2, 0.25) is 0 Å². The Morgan fingerprint density at radius 1 is 1.12 bits per heavy atom. The van der Waals surface area contributed by atoms with Crippen LogP contribution < -0.4 is 0 Å². The summed E-state index contributed by atoms with van der Waals surface area (Å²) in [6, 6.07) is 0.695. The van der Waals surface area contributed by atoms with Gasteiger partial charge in [-0.3, -0.25) is 4.90 Å². The standard InChI is InChI=1S/C15H29NO/c1-11-8-12(2)13(3)16(9-11)10-14-6-4-5-7-15(14)17/h11-15,17H,4-10H2,1-3H3. The van der Waals surface area contributed by atoms with Crippen LogP contribution in [0.1, 0.15) is 52.9 Å². The molecule has 1 saturated heterocycles. The Morgan fingerprint density at radius 2 is 1.82 bits per heavy atom. The molecule has 0 radical (unpaired) electrons. The highest BCUT2D eigenvalue weighted by molar-refractivity contribution is 4.85. The van der Waals surface area contributed by atoms with Gasteiger partial charge in [-0.1, -0.05) is 26.7 Å². The fourth-order valence-corrected chi connectivity index (χ4v) is 3.78. The van der Waals surface area contributed by atoms with Crippen molar-refractivity contribution in [1.82, 2.24) is 4.90 Å². The van der Waals surface area contributed by atoms with Crippen LogP contribution in [0, 0.1) is 17.8 Å². The summed E-state index contributed by atoms with van der Waals surface area (Å²) in [5, 5.41) is 10.1. The van der Waals surface area contributed by atoms with E-state index in [9.17, 15) is 5.11 Å². The third-order valence-electron chi connectivity index (χ3n) is 5.06. The first-order valence-electron chi connectivity index (χ1n) is 7.50. The molecule has 2 fully saturated rings. The molecule has 0 amide bonds. The molecule has 1 aliphatic carbocycles. The lowest BCUT2D eigenvalue weighted by Crippen LogP contribution is -2.49. The first kappa shape index (κ1) is 13.4. The lowest BCUT2D eigenvalue weighted by molar-refractivity contribution is 0.00877. The van der Waals surface area contributed by atoms with Gasteiger partial charge in [-0.05, 0) is 43.9 Å². The van der Waals surface area contributed by atoms with Gasteiger partial charge >= 0.3 is 0 Å². The maximum absolute atomic E-state index is 10.1. The zero-order chi connectivity index (χ0) is 12.4. The van der Waals surface area contributed by atoms with Crippen molar-refractivity contribution in [3.8, 4) is 0 Å². The van der Waals surface area contributed by atoms with Crippen LogP contribution in [0.3, 0.4) is 0 Å². The fraction of sp³-hybridized carbons (Fsp3) is 1.00. The van der Waals surface area contributed by atoms with Gasteiger partial charge in [0.1, 0.15) is 0 Å². The highest BCUT2D eigenvalue weighted by Gasteiger charge is 2.32. The number of piperidine rings is 1. The largest absolute Gasteiger partial charge is 0.393 e. The molecule has 2 rings (SSSR count). The van der Waals surface area contributed by atoms with E-state index in [-0.39, 0.29) is 6.10 Å². The molecule has 0 aromatic rings. The third kappa shape index (κ3) is 3.23. The number of nitrogens with zero attached hydrogens (tertiary/aromatic N) is 1. The van der Waals surface area contributed by atoms with Crippen LogP contribution in [0.5, 0.6) is 0 Å². The maximum Gasteiger partial charge on any atom is 0.0580 e. The highest BCUT2D eigenvalue weighted by Crippen LogP contribution is 2.31. The minimum atomic E-state index is -0.0384. The summed E-state index contributed by atoms with van der Waals surface area (Å²) in [5.74, 6) is 2.16. The first-order valence-corrected chi connectivity index (χ1v) is 7.50. The van der Waals surface area contributed by atoms with Crippen molar-refractivity contribution in [2.24, 2.45) is 17.8 Å². The van der Waals surface area contributed by atoms with E-state index in [0.717, 1.165) is 24.8 Å². The lowest BCUT2D eigenvalue weighted by Gasteiger charge is -2.44. The molecule has 1 aliphatic heterocycles. The molecule has 1 saturated carbocycles. The van der Waals surface area contributed by atoms with Gasteiger partial charge < -0.3 is 5.11 Å². The summed E-state index contributed by atoms with van der Waals surface area (Å²) in [5.41, 5.74) is 0. The van der Waals surface area contributed by atoms with Crippen LogP contribution in [-0.4, -0.2) is 35.2 Å². The molecule has 0 spiro atoms. The van der Waals surface area contributed by atoms with Crippen molar-refractivity contribution in [3.05, 3.63) is 0 Å². The van der Waals surface area contributed by atoms with E-state index in [1.54, 1.807) is 0 Å². The van der Waals surface area contributed by atoms with E-state index in [2.05, 4.69) is 25.7 Å². The molecule has 100 valence electrons. The second kappa shape index (κ2) is 5.71. The molecule has 2 nitrogen and oxygen atoms in total. The molecule has 2 heteroatoms. The van der Waals surface area contributed by atoms with E-state index >= 15 is 0 Å². The van der Waals surface area contributed by atoms with Crippen molar-refractivity contribution < 1.29 is 5.11 Å². The maximum atomic E-state index is 10.1. The van der Waals surface area contributed by atoms with Gasteiger partial charge in [0.2, 0.25) is 0 Å². The quantitative estimate of drug-likeness (QED) is 0.801. The Bertz CT molecular complexity index is 243. The summed E-state index contributed by atoms with van der Waals surface area (Å²) in [7, 11) is 0. The Balaban J connectivity index is 1.92. The van der Waals surface area contributed by atoms with Crippen LogP contribution in [0.25, 0.3) is 0 Å². The SMILES string of the molecule is CC1CC(C)C(C)N(CC2CCCCC2O)C1. The van der Waals surface area contributed by atoms with Gasteiger partial charge in [0.15, 0.2) is 0 Å². The average Bonchev–Trinajstić information content (AvgIpc) is 2.28. The highest BCUT2D eigenvalue weighted by atomic mass is 16.3. The van der Waals surface area contributed by atoms with Crippen molar-refractivity contribution in [2.75, 3.05) is 13.1 Å². The van der Waals surface area contributed by atoms with Gasteiger partial charge in [0.25, 0.3) is 0 Å². The lowest BCUT2D eigenvalue weighted by atomic mass is 9.82. The van der Waals surface area contributed by atoms with E-state index in [4.69, 9.17) is 0 Å². The number of hydrogen-bond acceptors (Lipinski definition) is 2. The normalized spacial score (nSPS) is 44.8. The monoisotopic (exact) mass is 239 g/mol. The molecule has 5 unspecified atom stereocenters. The molecule has 17 heavy (non-hydrogen) atoms. The smallest absolute Gasteiger partial charge is 0.0580 e. The summed E-state index contributed by atoms with van der Waals surface area (Å²) >= 11 is 0. The molecular formula is C15H29NO. The summed E-state index contributed by atoms with van der Waals surface area (Å²) < 4.78 is 0. The van der Waals surface area contributed by atoms with E-state index < -0.39 is 0 Å². The molecule has 0 aromatic heterocycles. The van der Waals surface area contributed by atoms with Gasteiger partial charge in [0, 0.05) is 19.1 Å². The molecule has 1 heterocycles. The third-order valence-corrected chi connectivity index (χ3v) is 5.06. The second-order valence-electron chi connectivity index (χ2n) is 6.62. The summed E-state index contributed by atoms with van der Waals surface area (Å²) in [4.78, 5) is 2.64. The Kier molecular flexibility index (Phi) is 4.48. The fourth-order valence-electron chi connectivity index (χ4n) is 3.78. The van der Waals surface area contributed by atoms with Crippen LogP contribution in [-0.2, 0) is 0 Å². The second-order valence-corrected chi connectivity index (χ2v) is 6.62. The van der Waals surface area contributed by atoms with E-state index in [1.165, 1.54) is 32.2 Å². The van der Waals surface area contributed by atoms with Crippen LogP contribution in [0.4, 0.5) is 0 Å². The van der Waals surface area contributed by atoms with Gasteiger partial charge in [-0.15, -0.1) is 0 Å². The Morgan fingerprint density at radius 3 is 2.53 bits per heavy atom. The van der Waals surface area contributed by atoms with Crippen molar-refractivity contribution >= 4 is 0 Å². The number of aliphatic hydroxyl groups is 1. The predicted molar refractivity (Wildman–Crippen MR) is 71.9 cm³/mol. The Hall–Kier alpha value is -0.0800. The Labute approximate surface area is 106 Å². The molecule has 0 bridgehead atoms. The molecule has 2 aliphatic rings. The molecule has 1 N–H and O–H groups in total. The molecule has 5 atom stereocenters. The minimum Gasteiger partial charge on any atom is -0.393 e. The number of likely N-dealkylation sites (tertiary alicyclic amines) is 1. The summed E-state index contributed by atoms with van der Waals surface area (Å²) in [6.45, 7) is 9.47. The van der Waals surface area contributed by atoms with Crippen molar-refractivity contribution in [3.63, 3.8) is 0 Å². The molecular weight excluding hydrogens is 210 g/mol. The van der Waals surface area contributed by atoms with Gasteiger partial charge in [-0.25, -0.2) is 0 Å². The first-order chi connectivity index (χ1) is 8.08. The topological polar surface area (TPSA) is 23.5 Å². The number of hydrogen-bond donors (Lipinski definition) is 1. The van der Waals surface area contributed by atoms with E-state index in [0.29, 0.717) is 12.0 Å². The van der Waals surface area contributed by atoms with Crippen LogP contribution >= 0.6 is 0 Å². The zero-order valence-corrected chi connectivity index (χ0v) is 11.7. The van der Waals surface area contributed by atoms with Crippen molar-refractivity contribution in [1.29, 1.82) is 0 Å². The predicted octanol–water partition coefficient (Wildman–Crippen LogP) is 2.90. The van der Waals surface area contributed by atoms with Crippen LogP contribution in [0.15, 0.2) is 0 Å². The minimum absolute atomic E-state index is 0.0384. The average molecular weight is 239 g/mol. The van der Waals surface area contributed by atoms with Gasteiger partial charge in [0.05, 0.1) is 6.10 Å². The van der Waals surface area contributed by atoms with Crippen molar-refractivity contribution in [2.45, 2.75) is 65.0 Å². The number of aliphatic hydroxyl groups excluding tert-OH is 1.